The number of rotatable bonds is 4. The first-order valence-electron chi connectivity index (χ1n) is 7.69. The van der Waals surface area contributed by atoms with E-state index < -0.39 is 0 Å². The van der Waals surface area contributed by atoms with Crippen LogP contribution in [0, 0.1) is 0 Å². The number of carbonyl (C=O) groups excluding carboxylic acids is 2. The van der Waals surface area contributed by atoms with Gasteiger partial charge in [0, 0.05) is 13.1 Å². The van der Waals surface area contributed by atoms with Gasteiger partial charge in [0.25, 0.3) is 5.91 Å². The molecule has 0 aromatic heterocycles. The summed E-state index contributed by atoms with van der Waals surface area (Å²) in [5.41, 5.74) is 2.30. The van der Waals surface area contributed by atoms with E-state index in [0.717, 1.165) is 18.8 Å². The lowest BCUT2D eigenvalue weighted by atomic mass is 10.1. The molecule has 1 N–H and O–H groups in total. The SMILES string of the molecule is O=C=Nc1ccccc1C(=O)Nc1ccccc1N1CCOCC1. The third-order valence-corrected chi connectivity index (χ3v) is 3.82. The van der Waals surface area contributed by atoms with Crippen molar-refractivity contribution < 1.29 is 14.3 Å². The monoisotopic (exact) mass is 323 g/mol. The molecule has 24 heavy (non-hydrogen) atoms. The van der Waals surface area contributed by atoms with Gasteiger partial charge in [0.2, 0.25) is 6.08 Å². The maximum absolute atomic E-state index is 12.6. The number of hydrogen-bond acceptors (Lipinski definition) is 5. The zero-order valence-electron chi connectivity index (χ0n) is 13.1. The van der Waals surface area contributed by atoms with Gasteiger partial charge in [-0.15, -0.1) is 0 Å². The van der Waals surface area contributed by atoms with Crippen LogP contribution in [0.4, 0.5) is 17.1 Å². The molecule has 122 valence electrons. The molecule has 1 aliphatic rings. The number of hydrogen-bond donors (Lipinski definition) is 1. The van der Waals surface area contributed by atoms with Gasteiger partial charge in [0.15, 0.2) is 0 Å². The van der Waals surface area contributed by atoms with Crippen LogP contribution in [0.5, 0.6) is 0 Å². The van der Waals surface area contributed by atoms with Gasteiger partial charge in [0.1, 0.15) is 0 Å². The Morgan fingerprint density at radius 1 is 1.08 bits per heavy atom. The molecular formula is C18H17N3O3. The second-order valence-electron chi connectivity index (χ2n) is 5.29. The van der Waals surface area contributed by atoms with Crippen molar-refractivity contribution in [3.8, 4) is 0 Å². The van der Waals surface area contributed by atoms with Crippen molar-refractivity contribution in [1.82, 2.24) is 0 Å². The molecule has 1 heterocycles. The number of nitrogens with zero attached hydrogens (tertiary/aromatic N) is 2. The molecule has 2 aromatic carbocycles. The summed E-state index contributed by atoms with van der Waals surface area (Å²) in [6.07, 6.45) is 1.48. The highest BCUT2D eigenvalue weighted by Gasteiger charge is 2.17. The predicted molar refractivity (Wildman–Crippen MR) is 91.7 cm³/mol. The minimum Gasteiger partial charge on any atom is -0.378 e. The van der Waals surface area contributed by atoms with Crippen LogP contribution >= 0.6 is 0 Å². The lowest BCUT2D eigenvalue weighted by molar-refractivity contribution is 0.102. The summed E-state index contributed by atoms with van der Waals surface area (Å²) >= 11 is 0. The Bertz CT molecular complexity index is 779. The van der Waals surface area contributed by atoms with Crippen LogP contribution in [0.2, 0.25) is 0 Å². The normalized spacial score (nSPS) is 13.9. The standard InChI is InChI=1S/C18H17N3O3/c22-13-19-15-6-2-1-5-14(15)18(23)20-16-7-3-4-8-17(16)21-9-11-24-12-10-21/h1-8H,9-12H2,(H,20,23). The highest BCUT2D eigenvalue weighted by Crippen LogP contribution is 2.28. The van der Waals surface area contributed by atoms with Crippen molar-refractivity contribution in [3.63, 3.8) is 0 Å². The molecule has 0 saturated carbocycles. The summed E-state index contributed by atoms with van der Waals surface area (Å²) in [6, 6.07) is 14.3. The number of aliphatic imine (C=N–C) groups is 1. The average Bonchev–Trinajstić information content (AvgIpc) is 2.63. The fourth-order valence-electron chi connectivity index (χ4n) is 2.66. The summed E-state index contributed by atoms with van der Waals surface area (Å²) < 4.78 is 5.38. The molecule has 0 atom stereocenters. The van der Waals surface area contributed by atoms with E-state index in [1.54, 1.807) is 24.3 Å². The summed E-state index contributed by atoms with van der Waals surface area (Å²) in [5, 5.41) is 2.91. The maximum atomic E-state index is 12.6. The van der Waals surface area contributed by atoms with E-state index in [-0.39, 0.29) is 5.91 Å². The number of anilines is 2. The van der Waals surface area contributed by atoms with E-state index >= 15 is 0 Å². The molecule has 6 heteroatoms. The number of benzene rings is 2. The third-order valence-electron chi connectivity index (χ3n) is 3.82. The lowest BCUT2D eigenvalue weighted by Crippen LogP contribution is -2.36. The minimum absolute atomic E-state index is 0.300. The Balaban J connectivity index is 1.86. The Morgan fingerprint density at radius 2 is 1.79 bits per heavy atom. The second-order valence-corrected chi connectivity index (χ2v) is 5.29. The number of ether oxygens (including phenoxy) is 1. The van der Waals surface area contributed by atoms with Gasteiger partial charge < -0.3 is 15.0 Å². The summed E-state index contributed by atoms with van der Waals surface area (Å²) in [7, 11) is 0. The Hall–Kier alpha value is -2.95. The molecule has 0 aliphatic carbocycles. The molecule has 0 radical (unpaired) electrons. The van der Waals surface area contributed by atoms with Crippen molar-refractivity contribution in [1.29, 1.82) is 0 Å². The number of nitrogens with one attached hydrogen (secondary N) is 1. The highest BCUT2D eigenvalue weighted by atomic mass is 16.5. The molecule has 2 aromatic rings. The van der Waals surface area contributed by atoms with Gasteiger partial charge in [-0.2, -0.15) is 4.99 Å². The van der Waals surface area contributed by atoms with Crippen LogP contribution in [0.1, 0.15) is 10.4 Å². The molecule has 0 unspecified atom stereocenters. The number of carbonyl (C=O) groups is 1. The predicted octanol–water partition coefficient (Wildman–Crippen LogP) is 2.74. The first kappa shape index (κ1) is 15.9. The van der Waals surface area contributed by atoms with Gasteiger partial charge in [-0.25, -0.2) is 4.79 Å². The van der Waals surface area contributed by atoms with Crippen LogP contribution in [0.25, 0.3) is 0 Å². The smallest absolute Gasteiger partial charge is 0.257 e. The maximum Gasteiger partial charge on any atom is 0.257 e. The molecule has 1 fully saturated rings. The van der Waals surface area contributed by atoms with E-state index in [9.17, 15) is 9.59 Å². The molecule has 1 saturated heterocycles. The van der Waals surface area contributed by atoms with E-state index in [0.29, 0.717) is 30.2 Å². The van der Waals surface area contributed by atoms with Crippen LogP contribution in [0.15, 0.2) is 53.5 Å². The van der Waals surface area contributed by atoms with Crippen molar-refractivity contribution in [2.45, 2.75) is 0 Å². The van der Waals surface area contributed by atoms with Crippen molar-refractivity contribution in [2.75, 3.05) is 36.5 Å². The molecule has 6 nitrogen and oxygen atoms in total. The van der Waals surface area contributed by atoms with Gasteiger partial charge in [-0.1, -0.05) is 24.3 Å². The lowest BCUT2D eigenvalue weighted by Gasteiger charge is -2.30. The molecule has 0 spiro atoms. The van der Waals surface area contributed by atoms with Crippen LogP contribution in [-0.4, -0.2) is 38.3 Å². The quantitative estimate of drug-likeness (QED) is 0.694. The van der Waals surface area contributed by atoms with Crippen molar-refractivity contribution in [2.24, 2.45) is 4.99 Å². The summed E-state index contributed by atoms with van der Waals surface area (Å²) in [5.74, 6) is -0.315. The van der Waals surface area contributed by atoms with E-state index in [4.69, 9.17) is 4.74 Å². The minimum atomic E-state index is -0.315. The molecule has 1 aliphatic heterocycles. The Morgan fingerprint density at radius 3 is 2.58 bits per heavy atom. The van der Waals surface area contributed by atoms with Crippen LogP contribution < -0.4 is 10.2 Å². The zero-order chi connectivity index (χ0) is 16.8. The second kappa shape index (κ2) is 7.55. The fraction of sp³-hybridized carbons (Fsp3) is 0.222. The molecule has 0 bridgehead atoms. The van der Waals surface area contributed by atoms with Gasteiger partial charge in [0.05, 0.1) is 35.8 Å². The zero-order valence-corrected chi connectivity index (χ0v) is 13.1. The first-order chi connectivity index (χ1) is 11.8. The van der Waals surface area contributed by atoms with E-state index in [1.807, 2.05) is 24.3 Å². The largest absolute Gasteiger partial charge is 0.378 e. The number of para-hydroxylation sites is 3. The molecular weight excluding hydrogens is 306 g/mol. The number of isocyanates is 1. The summed E-state index contributed by atoms with van der Waals surface area (Å²) in [6.45, 7) is 2.89. The fourth-order valence-corrected chi connectivity index (χ4v) is 2.66. The molecule has 3 rings (SSSR count). The number of morpholine rings is 1. The Kier molecular flexibility index (Phi) is 5.01. The topological polar surface area (TPSA) is 71.0 Å². The Labute approximate surface area is 139 Å². The average molecular weight is 323 g/mol. The first-order valence-corrected chi connectivity index (χ1v) is 7.69. The third kappa shape index (κ3) is 3.51. The number of amides is 1. The van der Waals surface area contributed by atoms with Gasteiger partial charge in [-0.05, 0) is 24.3 Å². The van der Waals surface area contributed by atoms with E-state index in [2.05, 4.69) is 15.2 Å². The summed E-state index contributed by atoms with van der Waals surface area (Å²) in [4.78, 5) is 28.9. The van der Waals surface area contributed by atoms with E-state index in [1.165, 1.54) is 6.08 Å². The van der Waals surface area contributed by atoms with Gasteiger partial charge >= 0.3 is 0 Å². The highest BCUT2D eigenvalue weighted by molar-refractivity contribution is 6.09. The van der Waals surface area contributed by atoms with Crippen molar-refractivity contribution in [3.05, 3.63) is 54.1 Å². The molecule has 1 amide bonds. The van der Waals surface area contributed by atoms with Gasteiger partial charge in [-0.3, -0.25) is 4.79 Å². The van der Waals surface area contributed by atoms with Crippen LogP contribution in [-0.2, 0) is 9.53 Å². The van der Waals surface area contributed by atoms with Crippen molar-refractivity contribution >= 4 is 29.0 Å². The van der Waals surface area contributed by atoms with Crippen LogP contribution in [0.3, 0.4) is 0 Å².